The van der Waals surface area contributed by atoms with Gasteiger partial charge >= 0.3 is 7.12 Å². The number of hydrogen-bond acceptors (Lipinski definition) is 3. The van der Waals surface area contributed by atoms with Crippen LogP contribution in [0, 0.1) is 0 Å². The molecule has 0 fully saturated rings. The van der Waals surface area contributed by atoms with Crippen LogP contribution in [0.25, 0.3) is 33.4 Å². The number of rotatable bonds is 2. The van der Waals surface area contributed by atoms with Crippen molar-refractivity contribution in [2.24, 2.45) is 0 Å². The molecular formula is C29H19BO2S. The topological polar surface area (TPSA) is 40.5 Å². The van der Waals surface area contributed by atoms with E-state index in [1.54, 1.807) is 0 Å². The summed E-state index contributed by atoms with van der Waals surface area (Å²) < 4.78 is 0.599. The maximum absolute atomic E-state index is 10.5. The van der Waals surface area contributed by atoms with Crippen molar-refractivity contribution in [3.63, 3.8) is 0 Å². The summed E-state index contributed by atoms with van der Waals surface area (Å²) in [5.41, 5.74) is 10.0. The Labute approximate surface area is 196 Å². The Kier molecular flexibility index (Phi) is 3.92. The molecule has 0 unspecified atom stereocenters. The van der Waals surface area contributed by atoms with Gasteiger partial charge in [0.25, 0.3) is 0 Å². The summed E-state index contributed by atoms with van der Waals surface area (Å²) in [6, 6.07) is 36.0. The molecule has 0 aliphatic heterocycles. The molecule has 2 nitrogen and oxygen atoms in total. The van der Waals surface area contributed by atoms with Crippen molar-refractivity contribution in [3.05, 3.63) is 125 Å². The van der Waals surface area contributed by atoms with Gasteiger partial charge in [-0.1, -0.05) is 103 Å². The molecule has 1 aromatic heterocycles. The average Bonchev–Trinajstić information content (AvgIpc) is 3.49. The van der Waals surface area contributed by atoms with E-state index in [1.807, 2.05) is 18.2 Å². The molecule has 7 rings (SSSR count). The highest BCUT2D eigenvalue weighted by Gasteiger charge is 2.54. The first-order valence-electron chi connectivity index (χ1n) is 11.1. The Bertz CT molecular complexity index is 1510. The quantitative estimate of drug-likeness (QED) is 0.350. The van der Waals surface area contributed by atoms with Crippen LogP contribution in [-0.2, 0) is 5.41 Å². The Morgan fingerprint density at radius 1 is 0.545 bits per heavy atom. The fourth-order valence-corrected chi connectivity index (χ4v) is 7.41. The van der Waals surface area contributed by atoms with Crippen LogP contribution in [0.2, 0.25) is 0 Å². The fourth-order valence-electron chi connectivity index (χ4n) is 5.96. The minimum Gasteiger partial charge on any atom is -0.423 e. The second-order valence-electron chi connectivity index (χ2n) is 8.67. The van der Waals surface area contributed by atoms with Gasteiger partial charge < -0.3 is 10.0 Å². The van der Waals surface area contributed by atoms with Crippen LogP contribution >= 0.6 is 11.3 Å². The Hall–Kier alpha value is -3.44. The van der Waals surface area contributed by atoms with Crippen molar-refractivity contribution in [2.75, 3.05) is 0 Å². The van der Waals surface area contributed by atoms with Gasteiger partial charge in [-0.25, -0.2) is 0 Å². The van der Waals surface area contributed by atoms with Crippen molar-refractivity contribution in [1.29, 1.82) is 0 Å². The van der Waals surface area contributed by atoms with E-state index in [4.69, 9.17) is 0 Å². The maximum Gasteiger partial charge on any atom is 0.499 e. The summed E-state index contributed by atoms with van der Waals surface area (Å²) in [6.07, 6.45) is 0. The Morgan fingerprint density at radius 3 is 1.61 bits per heavy atom. The highest BCUT2D eigenvalue weighted by Crippen LogP contribution is 2.65. The third kappa shape index (κ3) is 2.30. The van der Waals surface area contributed by atoms with Crippen LogP contribution in [-0.4, -0.2) is 17.2 Å². The number of fused-ring (bicyclic) bond motifs is 10. The van der Waals surface area contributed by atoms with Crippen LogP contribution in [0.15, 0.2) is 103 Å². The molecule has 1 heterocycles. The molecule has 0 radical (unpaired) electrons. The van der Waals surface area contributed by atoms with E-state index in [9.17, 15) is 10.0 Å². The predicted octanol–water partition coefficient (Wildman–Crippen LogP) is 5.44. The summed E-state index contributed by atoms with van der Waals surface area (Å²) in [7, 11) is -1.54. The Morgan fingerprint density at radius 2 is 1.03 bits per heavy atom. The number of benzene rings is 4. The van der Waals surface area contributed by atoms with Crippen molar-refractivity contribution in [3.8, 4) is 33.4 Å². The molecule has 4 heteroatoms. The van der Waals surface area contributed by atoms with E-state index in [1.165, 1.54) is 49.6 Å². The summed E-state index contributed by atoms with van der Waals surface area (Å²) in [5, 5.41) is 20.9. The lowest BCUT2D eigenvalue weighted by molar-refractivity contribution is 0.427. The molecule has 0 saturated heterocycles. The molecule has 156 valence electrons. The lowest BCUT2D eigenvalue weighted by Crippen LogP contribution is -2.29. The average molecular weight is 442 g/mol. The minimum atomic E-state index is -1.54. The second kappa shape index (κ2) is 6.78. The first-order valence-corrected chi connectivity index (χ1v) is 11.9. The van der Waals surface area contributed by atoms with Crippen LogP contribution in [0.3, 0.4) is 0 Å². The van der Waals surface area contributed by atoms with Crippen molar-refractivity contribution in [1.82, 2.24) is 0 Å². The number of thiophene rings is 1. The molecular weight excluding hydrogens is 423 g/mol. The zero-order valence-corrected chi connectivity index (χ0v) is 18.5. The molecule has 0 atom stereocenters. The van der Waals surface area contributed by atoms with E-state index >= 15 is 0 Å². The molecule has 2 aliphatic carbocycles. The highest BCUT2D eigenvalue weighted by atomic mass is 32.1. The van der Waals surface area contributed by atoms with Crippen molar-refractivity contribution < 1.29 is 10.0 Å². The SMILES string of the molecule is OB(O)c1sc2c(c1-c1ccccc1)-c1ccccc1C21c2ccccc2-c2ccccc21. The largest absolute Gasteiger partial charge is 0.499 e. The summed E-state index contributed by atoms with van der Waals surface area (Å²) in [6.45, 7) is 0. The van der Waals surface area contributed by atoms with E-state index < -0.39 is 12.5 Å². The lowest BCUT2D eigenvalue weighted by Gasteiger charge is -2.29. The van der Waals surface area contributed by atoms with Crippen LogP contribution < -0.4 is 4.78 Å². The highest BCUT2D eigenvalue weighted by molar-refractivity contribution is 7.23. The molecule has 1 spiro atoms. The smallest absolute Gasteiger partial charge is 0.423 e. The molecule has 33 heavy (non-hydrogen) atoms. The first kappa shape index (κ1) is 19.1. The third-order valence-corrected chi connectivity index (χ3v) is 8.48. The monoisotopic (exact) mass is 442 g/mol. The predicted molar refractivity (Wildman–Crippen MR) is 136 cm³/mol. The molecule has 2 aliphatic rings. The molecule has 2 N–H and O–H groups in total. The van der Waals surface area contributed by atoms with Crippen LogP contribution in [0.4, 0.5) is 0 Å². The van der Waals surface area contributed by atoms with Gasteiger partial charge in [0.05, 0.1) is 5.41 Å². The standard InChI is InChI=1S/C29H19BO2S/c31-30(32)28-25(18-10-2-1-3-11-18)26-21-14-6-9-17-24(21)29(27(26)33-28)22-15-7-4-12-19(22)20-13-5-8-16-23(20)29/h1-17,31-32H. The van der Waals surface area contributed by atoms with Crippen molar-refractivity contribution >= 4 is 23.2 Å². The van der Waals surface area contributed by atoms with Gasteiger partial charge in [0.15, 0.2) is 0 Å². The van der Waals surface area contributed by atoms with Gasteiger partial charge in [-0.3, -0.25) is 0 Å². The summed E-state index contributed by atoms with van der Waals surface area (Å²) in [5.74, 6) is 0. The van der Waals surface area contributed by atoms with E-state index in [0.29, 0.717) is 4.78 Å². The van der Waals surface area contributed by atoms with Gasteiger partial charge in [-0.05, 0) is 38.9 Å². The molecule has 5 aromatic rings. The zero-order valence-electron chi connectivity index (χ0n) is 17.7. The summed E-state index contributed by atoms with van der Waals surface area (Å²) >= 11 is 1.53. The lowest BCUT2D eigenvalue weighted by atomic mass is 9.74. The maximum atomic E-state index is 10.5. The zero-order chi connectivity index (χ0) is 22.2. The third-order valence-electron chi connectivity index (χ3n) is 7.13. The van der Waals surface area contributed by atoms with Gasteiger partial charge in [-0.2, -0.15) is 0 Å². The minimum absolute atomic E-state index is 0.458. The molecule has 4 aromatic carbocycles. The van der Waals surface area contributed by atoms with E-state index in [-0.39, 0.29) is 0 Å². The summed E-state index contributed by atoms with van der Waals surface area (Å²) in [4.78, 5) is 1.17. The van der Waals surface area contributed by atoms with E-state index in [0.717, 1.165) is 16.7 Å². The molecule has 0 bridgehead atoms. The Balaban J connectivity index is 1.69. The van der Waals surface area contributed by atoms with Gasteiger partial charge in [0.1, 0.15) is 0 Å². The van der Waals surface area contributed by atoms with E-state index in [2.05, 4.69) is 84.9 Å². The molecule has 0 saturated carbocycles. The van der Waals surface area contributed by atoms with Crippen LogP contribution in [0.1, 0.15) is 21.6 Å². The number of hydrogen-bond donors (Lipinski definition) is 2. The van der Waals surface area contributed by atoms with Crippen molar-refractivity contribution in [2.45, 2.75) is 5.41 Å². The normalized spacial score (nSPS) is 14.0. The second-order valence-corrected chi connectivity index (χ2v) is 9.72. The van der Waals surface area contributed by atoms with Gasteiger partial charge in [-0.15, -0.1) is 11.3 Å². The fraction of sp³-hybridized carbons (Fsp3) is 0.0345. The van der Waals surface area contributed by atoms with Gasteiger partial charge in [0, 0.05) is 20.8 Å². The van der Waals surface area contributed by atoms with Crippen LogP contribution in [0.5, 0.6) is 0 Å². The first-order chi connectivity index (χ1) is 16.2. The molecule has 0 amide bonds. The van der Waals surface area contributed by atoms with Gasteiger partial charge in [0.2, 0.25) is 0 Å².